The topological polar surface area (TPSA) is 84.7 Å². The lowest BCUT2D eigenvalue weighted by Gasteiger charge is -2.32. The van der Waals surface area contributed by atoms with E-state index in [9.17, 15) is 27.9 Å². The second-order valence-corrected chi connectivity index (χ2v) is 5.46. The molecule has 1 aliphatic rings. The Balaban J connectivity index is 1.92. The maximum atomic E-state index is 12.7. The molecule has 2 aromatic rings. The van der Waals surface area contributed by atoms with Gasteiger partial charge in [-0.2, -0.15) is 5.10 Å². The molecule has 25 heavy (non-hydrogen) atoms. The van der Waals surface area contributed by atoms with Gasteiger partial charge in [0.25, 0.3) is 5.91 Å². The van der Waals surface area contributed by atoms with Crippen LogP contribution in [0.2, 0.25) is 0 Å². The average molecular weight is 355 g/mol. The number of alkyl halides is 3. The second kappa shape index (κ2) is 5.80. The number of carboxylic acids is 1. The van der Waals surface area contributed by atoms with Crippen LogP contribution in [0, 0.1) is 0 Å². The molecule has 0 saturated carbocycles. The molecule has 7 nitrogen and oxygen atoms in total. The summed E-state index contributed by atoms with van der Waals surface area (Å²) in [5.74, 6) is -2.28. The number of hydrogen-bond acceptors (Lipinski definition) is 4. The van der Waals surface area contributed by atoms with Crippen LogP contribution in [0.1, 0.15) is 33.8 Å². The van der Waals surface area contributed by atoms with Crippen molar-refractivity contribution in [3.05, 3.63) is 41.7 Å². The highest BCUT2D eigenvalue weighted by Crippen LogP contribution is 2.30. The number of aromatic carboxylic acids is 1. The van der Waals surface area contributed by atoms with E-state index in [1.165, 1.54) is 21.7 Å². The van der Waals surface area contributed by atoms with Gasteiger partial charge >= 0.3 is 12.3 Å². The van der Waals surface area contributed by atoms with Gasteiger partial charge in [0.2, 0.25) is 0 Å². The quantitative estimate of drug-likeness (QED) is 0.915. The van der Waals surface area contributed by atoms with E-state index in [0.717, 1.165) is 18.3 Å². The number of nitrogens with zero attached hydrogens (tertiary/aromatic N) is 3. The molecular weight excluding hydrogens is 343 g/mol. The normalized spacial score (nSPS) is 17.4. The van der Waals surface area contributed by atoms with Crippen LogP contribution in [0.5, 0.6) is 5.75 Å². The minimum absolute atomic E-state index is 0.0677. The summed E-state index contributed by atoms with van der Waals surface area (Å²) in [6.45, 7) is 1.95. The molecule has 0 spiro atoms. The highest BCUT2D eigenvalue weighted by molar-refractivity contribution is 6.11. The first kappa shape index (κ1) is 16.8. The first-order valence-electron chi connectivity index (χ1n) is 7.16. The van der Waals surface area contributed by atoms with Gasteiger partial charge < -0.3 is 14.7 Å². The fraction of sp³-hybridized carbons (Fsp3) is 0.267. The lowest BCUT2D eigenvalue weighted by Crippen LogP contribution is -2.43. The first-order valence-corrected chi connectivity index (χ1v) is 7.16. The molecular formula is C15H12F3N3O4. The summed E-state index contributed by atoms with van der Waals surface area (Å²) in [5, 5.41) is 13.1. The highest BCUT2D eigenvalue weighted by Gasteiger charge is 2.35. The number of aromatic nitrogens is 2. The van der Waals surface area contributed by atoms with Crippen molar-refractivity contribution in [1.82, 2.24) is 9.78 Å². The van der Waals surface area contributed by atoms with Gasteiger partial charge in [-0.05, 0) is 31.2 Å². The molecule has 0 bridgehead atoms. The Kier molecular flexibility index (Phi) is 3.90. The molecule has 0 aliphatic carbocycles. The lowest BCUT2D eigenvalue weighted by molar-refractivity contribution is -0.274. The maximum absolute atomic E-state index is 12.7. The van der Waals surface area contributed by atoms with Gasteiger partial charge in [0.05, 0.1) is 12.2 Å². The van der Waals surface area contributed by atoms with Crippen molar-refractivity contribution in [2.45, 2.75) is 19.3 Å². The number of carboxylic acid groups (broad SMARTS) is 1. The summed E-state index contributed by atoms with van der Waals surface area (Å²) >= 11 is 0. The Morgan fingerprint density at radius 3 is 2.52 bits per heavy atom. The van der Waals surface area contributed by atoms with E-state index >= 15 is 0 Å². The van der Waals surface area contributed by atoms with Crippen LogP contribution in [-0.4, -0.2) is 39.7 Å². The highest BCUT2D eigenvalue weighted by atomic mass is 19.4. The molecule has 0 fully saturated rings. The van der Waals surface area contributed by atoms with Crippen molar-refractivity contribution in [1.29, 1.82) is 0 Å². The van der Waals surface area contributed by atoms with E-state index in [4.69, 9.17) is 0 Å². The third-order valence-corrected chi connectivity index (χ3v) is 3.72. The molecule has 1 atom stereocenters. The smallest absolute Gasteiger partial charge is 0.478 e. The van der Waals surface area contributed by atoms with Gasteiger partial charge in [-0.15, -0.1) is 13.2 Å². The monoisotopic (exact) mass is 355 g/mol. The van der Waals surface area contributed by atoms with Gasteiger partial charge in [0.1, 0.15) is 17.0 Å². The fourth-order valence-electron chi connectivity index (χ4n) is 2.67. The predicted octanol–water partition coefficient (Wildman–Crippen LogP) is 2.70. The number of benzene rings is 1. The molecule has 3 rings (SSSR count). The van der Waals surface area contributed by atoms with Crippen molar-refractivity contribution in [3.63, 3.8) is 0 Å². The van der Waals surface area contributed by atoms with Gasteiger partial charge in [0.15, 0.2) is 0 Å². The van der Waals surface area contributed by atoms with E-state index in [1.807, 2.05) is 0 Å². The Morgan fingerprint density at radius 1 is 1.32 bits per heavy atom. The Labute approximate surface area is 139 Å². The second-order valence-electron chi connectivity index (χ2n) is 5.46. The number of anilines is 1. The third-order valence-electron chi connectivity index (χ3n) is 3.72. The van der Waals surface area contributed by atoms with Crippen LogP contribution in [0.4, 0.5) is 18.9 Å². The zero-order chi connectivity index (χ0) is 18.4. The van der Waals surface area contributed by atoms with Gasteiger partial charge in [-0.25, -0.2) is 4.79 Å². The molecule has 0 saturated heterocycles. The Morgan fingerprint density at radius 2 is 1.96 bits per heavy atom. The Hall–Kier alpha value is -3.04. The summed E-state index contributed by atoms with van der Waals surface area (Å²) in [7, 11) is 0. The summed E-state index contributed by atoms with van der Waals surface area (Å²) in [6.07, 6.45) is -3.70. The van der Waals surface area contributed by atoms with Gasteiger partial charge in [0, 0.05) is 12.2 Å². The number of fused-ring (bicyclic) bond motifs is 1. The molecule has 1 aromatic carbocycles. The van der Waals surface area contributed by atoms with E-state index in [0.29, 0.717) is 5.69 Å². The number of ether oxygens (including phenoxy) is 1. The third kappa shape index (κ3) is 3.14. The number of amides is 1. The molecule has 1 N–H and O–H groups in total. The van der Waals surface area contributed by atoms with Crippen LogP contribution in [0.15, 0.2) is 30.5 Å². The van der Waals surface area contributed by atoms with Crippen molar-refractivity contribution in [2.75, 3.05) is 11.4 Å². The fourth-order valence-corrected chi connectivity index (χ4v) is 2.67. The zero-order valence-electron chi connectivity index (χ0n) is 12.8. The van der Waals surface area contributed by atoms with Crippen LogP contribution in [-0.2, 0) is 0 Å². The molecule has 10 heteroatoms. The zero-order valence-corrected chi connectivity index (χ0v) is 12.8. The van der Waals surface area contributed by atoms with Crippen molar-refractivity contribution in [3.8, 4) is 5.75 Å². The van der Waals surface area contributed by atoms with Gasteiger partial charge in [-0.3, -0.25) is 9.48 Å². The molecule has 1 amide bonds. The summed E-state index contributed by atoms with van der Waals surface area (Å²) in [5.41, 5.74) is 0.0376. The average Bonchev–Trinajstić information content (AvgIpc) is 2.96. The standard InChI is InChI=1S/C15H12F3N3O4/c1-8-7-20(9-2-4-10(5-3-9)25-15(16,17)18)13(22)12-11(14(23)24)6-19-21(8)12/h2-6,8H,7H2,1H3,(H,23,24)/t8-/m0/s1. The number of carbonyl (C=O) groups is 2. The first-order chi connectivity index (χ1) is 11.7. The van der Waals surface area contributed by atoms with Crippen LogP contribution >= 0.6 is 0 Å². The molecule has 0 unspecified atom stereocenters. The number of carbonyl (C=O) groups excluding carboxylic acids is 1. The predicted molar refractivity (Wildman–Crippen MR) is 78.7 cm³/mol. The minimum Gasteiger partial charge on any atom is -0.478 e. The van der Waals surface area contributed by atoms with E-state index in [-0.39, 0.29) is 23.8 Å². The minimum atomic E-state index is -4.81. The van der Waals surface area contributed by atoms with Crippen molar-refractivity contribution >= 4 is 17.6 Å². The summed E-state index contributed by atoms with van der Waals surface area (Å²) < 4.78 is 41.8. The molecule has 132 valence electrons. The van der Waals surface area contributed by atoms with Gasteiger partial charge in [-0.1, -0.05) is 0 Å². The van der Waals surface area contributed by atoms with Crippen LogP contribution in [0.25, 0.3) is 0 Å². The summed E-state index contributed by atoms with van der Waals surface area (Å²) in [4.78, 5) is 25.2. The SMILES string of the molecule is C[C@H]1CN(c2ccc(OC(F)(F)F)cc2)C(=O)c2c(C(=O)O)cnn21. The van der Waals surface area contributed by atoms with Crippen LogP contribution in [0.3, 0.4) is 0 Å². The molecule has 2 heterocycles. The number of rotatable bonds is 3. The van der Waals surface area contributed by atoms with E-state index < -0.39 is 24.0 Å². The number of halogens is 3. The number of hydrogen-bond donors (Lipinski definition) is 1. The van der Waals surface area contributed by atoms with Crippen molar-refractivity contribution in [2.24, 2.45) is 0 Å². The van der Waals surface area contributed by atoms with Crippen molar-refractivity contribution < 1.29 is 32.6 Å². The Bertz CT molecular complexity index is 830. The maximum Gasteiger partial charge on any atom is 0.573 e. The molecule has 1 aromatic heterocycles. The molecule has 0 radical (unpaired) electrons. The van der Waals surface area contributed by atoms with E-state index in [1.54, 1.807) is 6.92 Å². The van der Waals surface area contributed by atoms with E-state index in [2.05, 4.69) is 9.84 Å². The largest absolute Gasteiger partial charge is 0.573 e. The van der Waals surface area contributed by atoms with Crippen LogP contribution < -0.4 is 9.64 Å². The summed E-state index contributed by atoms with van der Waals surface area (Å²) in [6, 6.07) is 4.48. The lowest BCUT2D eigenvalue weighted by atomic mass is 10.1. The molecule has 1 aliphatic heterocycles.